The first kappa shape index (κ1) is 22.3. The highest BCUT2D eigenvalue weighted by Crippen LogP contribution is 2.31. The van der Waals surface area contributed by atoms with E-state index in [0.717, 1.165) is 0 Å². The van der Waals surface area contributed by atoms with Gasteiger partial charge in [-0.3, -0.25) is 9.59 Å². The van der Waals surface area contributed by atoms with Crippen LogP contribution in [0.2, 0.25) is 0 Å². The fraction of sp³-hybridized carbons (Fsp3) is 0.688. The van der Waals surface area contributed by atoms with Crippen LogP contribution in [0.25, 0.3) is 10.4 Å². The normalized spacial score (nSPS) is 23.6. The molecule has 0 radical (unpaired) electrons. The van der Waals surface area contributed by atoms with Crippen molar-refractivity contribution in [3.05, 3.63) is 22.3 Å². The predicted molar refractivity (Wildman–Crippen MR) is 90.1 cm³/mol. The number of methoxy groups -OCH3 is 2. The maximum atomic E-state index is 11.9. The molecule has 0 aliphatic carbocycles. The van der Waals surface area contributed by atoms with E-state index in [0.29, 0.717) is 0 Å². The minimum Gasteiger partial charge on any atom is -0.480 e. The lowest BCUT2D eigenvalue weighted by Crippen LogP contribution is -2.51. The number of ether oxygens (including phenoxy) is 5. The van der Waals surface area contributed by atoms with E-state index in [1.807, 2.05) is 0 Å². The molecule has 0 aromatic carbocycles. The monoisotopic (exact) mass is 385 g/mol. The molecule has 0 saturated heterocycles. The molecule has 1 aliphatic heterocycles. The van der Waals surface area contributed by atoms with E-state index < -0.39 is 48.2 Å². The van der Waals surface area contributed by atoms with Gasteiger partial charge in [-0.05, 0) is 11.6 Å². The summed E-state index contributed by atoms with van der Waals surface area (Å²) in [6, 6.07) is -0.729. The van der Waals surface area contributed by atoms with Crippen molar-refractivity contribution in [2.45, 2.75) is 45.1 Å². The Labute approximate surface area is 156 Å². The Kier molecular flexibility index (Phi) is 8.57. The van der Waals surface area contributed by atoms with Gasteiger partial charge in [0, 0.05) is 31.8 Å². The van der Waals surface area contributed by atoms with Crippen molar-refractivity contribution < 1.29 is 38.1 Å². The highest BCUT2D eigenvalue weighted by molar-refractivity contribution is 5.86. The number of carbonyl (C=O) groups excluding carboxylic acids is 3. The van der Waals surface area contributed by atoms with Crippen LogP contribution in [0.3, 0.4) is 0 Å². The zero-order chi connectivity index (χ0) is 20.6. The van der Waals surface area contributed by atoms with Crippen LogP contribution in [0.1, 0.15) is 20.8 Å². The van der Waals surface area contributed by atoms with Crippen molar-refractivity contribution in [3.63, 3.8) is 0 Å². The molecule has 150 valence electrons. The van der Waals surface area contributed by atoms with Gasteiger partial charge >= 0.3 is 17.9 Å². The van der Waals surface area contributed by atoms with Gasteiger partial charge in [-0.15, -0.1) is 0 Å². The van der Waals surface area contributed by atoms with Crippen LogP contribution in [0.15, 0.2) is 16.9 Å². The zero-order valence-corrected chi connectivity index (χ0v) is 15.8. The summed E-state index contributed by atoms with van der Waals surface area (Å²) in [5.74, 6) is -2.55. The SMILES string of the molecule is COC(=O)C1=C[C@H](N=[N+]=[N-])[C@@H](C)[C@H]([C@H](OC)[C@@H](COC(C)=O)OC(C)=O)O1. The number of carbonyl (C=O) groups is 3. The van der Waals surface area contributed by atoms with Gasteiger partial charge in [-0.1, -0.05) is 12.0 Å². The van der Waals surface area contributed by atoms with E-state index in [2.05, 4.69) is 14.8 Å². The van der Waals surface area contributed by atoms with E-state index in [1.165, 1.54) is 34.1 Å². The standard InChI is InChI=1S/C16H23N3O8/c1-8-11(18-19-17)6-12(16(22)24-5)27-14(8)15(23-4)13(26-10(3)21)7-25-9(2)20/h6,8,11,13-15H,7H2,1-5H3/t8-,11+,13-,14-,15-/m1/s1. The first-order valence-corrected chi connectivity index (χ1v) is 8.09. The summed E-state index contributed by atoms with van der Waals surface area (Å²) in [7, 11) is 2.53. The molecule has 0 aromatic rings. The molecule has 0 bridgehead atoms. The van der Waals surface area contributed by atoms with Crippen LogP contribution in [-0.2, 0) is 38.1 Å². The van der Waals surface area contributed by atoms with Crippen LogP contribution < -0.4 is 0 Å². The third-order valence-corrected chi connectivity index (χ3v) is 3.94. The second-order valence-electron chi connectivity index (χ2n) is 5.81. The molecule has 0 fully saturated rings. The molecule has 0 unspecified atom stereocenters. The summed E-state index contributed by atoms with van der Waals surface area (Å²) in [5, 5.41) is 3.66. The lowest BCUT2D eigenvalue weighted by Gasteiger charge is -2.39. The summed E-state index contributed by atoms with van der Waals surface area (Å²) in [6.07, 6.45) is -1.43. The molecular formula is C16H23N3O8. The maximum Gasteiger partial charge on any atom is 0.372 e. The lowest BCUT2D eigenvalue weighted by molar-refractivity contribution is -0.179. The molecule has 5 atom stereocenters. The number of nitrogens with zero attached hydrogens (tertiary/aromatic N) is 3. The molecule has 0 spiro atoms. The first-order valence-electron chi connectivity index (χ1n) is 8.09. The average molecular weight is 385 g/mol. The molecule has 0 amide bonds. The third-order valence-electron chi connectivity index (χ3n) is 3.94. The van der Waals surface area contributed by atoms with Crippen LogP contribution in [0, 0.1) is 5.92 Å². The second-order valence-corrected chi connectivity index (χ2v) is 5.81. The topological polar surface area (TPSA) is 146 Å². The molecule has 0 N–H and O–H groups in total. The van der Waals surface area contributed by atoms with Crippen molar-refractivity contribution in [1.82, 2.24) is 0 Å². The van der Waals surface area contributed by atoms with E-state index in [4.69, 9.17) is 24.5 Å². The molecule has 0 aromatic heterocycles. The molecular weight excluding hydrogens is 362 g/mol. The Hall–Kier alpha value is -2.78. The molecule has 27 heavy (non-hydrogen) atoms. The summed E-state index contributed by atoms with van der Waals surface area (Å²) >= 11 is 0. The largest absolute Gasteiger partial charge is 0.480 e. The Bertz CT molecular complexity index is 644. The maximum absolute atomic E-state index is 11.9. The van der Waals surface area contributed by atoms with Crippen molar-refractivity contribution in [3.8, 4) is 0 Å². The fourth-order valence-electron chi connectivity index (χ4n) is 2.68. The smallest absolute Gasteiger partial charge is 0.372 e. The fourth-order valence-corrected chi connectivity index (χ4v) is 2.68. The summed E-state index contributed by atoms with van der Waals surface area (Å²) in [5.41, 5.74) is 8.79. The Morgan fingerprint density at radius 3 is 2.44 bits per heavy atom. The highest BCUT2D eigenvalue weighted by Gasteiger charge is 2.43. The predicted octanol–water partition coefficient (Wildman–Crippen LogP) is 1.27. The van der Waals surface area contributed by atoms with Gasteiger partial charge in [0.25, 0.3) is 0 Å². The van der Waals surface area contributed by atoms with E-state index >= 15 is 0 Å². The van der Waals surface area contributed by atoms with Gasteiger partial charge in [0.2, 0.25) is 5.76 Å². The molecule has 1 heterocycles. The van der Waals surface area contributed by atoms with E-state index in [1.54, 1.807) is 6.92 Å². The van der Waals surface area contributed by atoms with Crippen molar-refractivity contribution in [2.24, 2.45) is 11.0 Å². The van der Waals surface area contributed by atoms with E-state index in [9.17, 15) is 14.4 Å². The number of azide groups is 1. The minimum atomic E-state index is -1.01. The van der Waals surface area contributed by atoms with Gasteiger partial charge in [-0.25, -0.2) is 4.79 Å². The molecule has 11 heteroatoms. The van der Waals surface area contributed by atoms with Crippen molar-refractivity contribution in [2.75, 3.05) is 20.8 Å². The van der Waals surface area contributed by atoms with Crippen molar-refractivity contribution in [1.29, 1.82) is 0 Å². The summed E-state index contributed by atoms with van der Waals surface area (Å²) < 4.78 is 25.9. The van der Waals surface area contributed by atoms with Crippen LogP contribution in [0.4, 0.5) is 0 Å². The van der Waals surface area contributed by atoms with Crippen LogP contribution in [0.5, 0.6) is 0 Å². The summed E-state index contributed by atoms with van der Waals surface area (Å²) in [4.78, 5) is 37.3. The molecule has 0 saturated carbocycles. The number of rotatable bonds is 8. The summed E-state index contributed by atoms with van der Waals surface area (Å²) in [6.45, 7) is 3.85. The quantitative estimate of drug-likeness (QED) is 0.199. The first-order chi connectivity index (χ1) is 12.7. The van der Waals surface area contributed by atoms with Gasteiger partial charge in [-0.2, -0.15) is 0 Å². The molecule has 1 aliphatic rings. The van der Waals surface area contributed by atoms with Gasteiger partial charge in [0.05, 0.1) is 13.2 Å². The highest BCUT2D eigenvalue weighted by atomic mass is 16.6. The van der Waals surface area contributed by atoms with Crippen molar-refractivity contribution >= 4 is 17.9 Å². The Morgan fingerprint density at radius 2 is 1.96 bits per heavy atom. The number of esters is 3. The lowest BCUT2D eigenvalue weighted by atomic mass is 9.87. The van der Waals surface area contributed by atoms with Crippen LogP contribution >= 0.6 is 0 Å². The van der Waals surface area contributed by atoms with Gasteiger partial charge in [0.15, 0.2) is 6.10 Å². The van der Waals surface area contributed by atoms with Gasteiger partial charge in [0.1, 0.15) is 18.8 Å². The molecule has 1 rings (SSSR count). The van der Waals surface area contributed by atoms with Gasteiger partial charge < -0.3 is 23.7 Å². The Morgan fingerprint density at radius 1 is 1.30 bits per heavy atom. The second kappa shape index (κ2) is 10.4. The van der Waals surface area contributed by atoms with E-state index in [-0.39, 0.29) is 12.4 Å². The zero-order valence-electron chi connectivity index (χ0n) is 15.8. The number of hydrogen-bond donors (Lipinski definition) is 0. The number of hydrogen-bond acceptors (Lipinski definition) is 9. The molecule has 11 nitrogen and oxygen atoms in total. The average Bonchev–Trinajstić information content (AvgIpc) is 2.61. The minimum absolute atomic E-state index is 0.158. The third kappa shape index (κ3) is 6.15. The van der Waals surface area contributed by atoms with Crippen LogP contribution in [-0.4, -0.2) is 63.1 Å². The Balaban J connectivity index is 3.21.